The molecule has 5 rings (SSSR count). The van der Waals surface area contributed by atoms with Gasteiger partial charge in [-0.15, -0.1) is 24.0 Å². The van der Waals surface area contributed by atoms with Crippen molar-refractivity contribution in [3.63, 3.8) is 0 Å². The molecule has 8 heteroatoms. The maximum Gasteiger partial charge on any atom is 0.233 e. The number of benzene rings is 1. The first kappa shape index (κ1) is 21.7. The zero-order chi connectivity index (χ0) is 20.7. The summed E-state index contributed by atoms with van der Waals surface area (Å²) in [5.41, 5.74) is 0.941. The smallest absolute Gasteiger partial charge is 0.233 e. The first-order chi connectivity index (χ1) is 14.7. The van der Waals surface area contributed by atoms with E-state index in [-0.39, 0.29) is 59.5 Å². The van der Waals surface area contributed by atoms with Crippen molar-refractivity contribution in [3.8, 4) is 0 Å². The molecule has 2 bridgehead atoms. The predicted octanol–water partition coefficient (Wildman–Crippen LogP) is 2.32. The van der Waals surface area contributed by atoms with Gasteiger partial charge in [-0.3, -0.25) is 24.5 Å². The number of guanidine groups is 1. The summed E-state index contributed by atoms with van der Waals surface area (Å²) < 4.78 is 0. The van der Waals surface area contributed by atoms with E-state index in [0.717, 1.165) is 22.9 Å². The van der Waals surface area contributed by atoms with Gasteiger partial charge in [-0.1, -0.05) is 36.4 Å². The second kappa shape index (κ2) is 8.94. The maximum atomic E-state index is 12.8. The molecule has 0 radical (unpaired) electrons. The van der Waals surface area contributed by atoms with Gasteiger partial charge in [0, 0.05) is 31.7 Å². The van der Waals surface area contributed by atoms with Gasteiger partial charge in [0.15, 0.2) is 5.96 Å². The molecule has 1 aliphatic heterocycles. The van der Waals surface area contributed by atoms with Gasteiger partial charge < -0.3 is 10.6 Å². The Morgan fingerprint density at radius 3 is 2.52 bits per heavy atom. The number of imide groups is 1. The number of nitrogens with zero attached hydrogens (tertiary/aromatic N) is 3. The zero-order valence-electron chi connectivity index (χ0n) is 17.3. The van der Waals surface area contributed by atoms with E-state index in [1.165, 1.54) is 4.90 Å². The topological polar surface area (TPSA) is 86.7 Å². The largest absolute Gasteiger partial charge is 0.355 e. The number of pyridine rings is 1. The van der Waals surface area contributed by atoms with Crippen LogP contribution in [0.15, 0.2) is 53.7 Å². The lowest BCUT2D eigenvalue weighted by atomic mass is 9.85. The number of hydrogen-bond acceptors (Lipinski definition) is 4. The molecule has 7 nitrogen and oxygen atoms in total. The average molecular weight is 531 g/mol. The summed E-state index contributed by atoms with van der Waals surface area (Å²) in [5.74, 6) is 0.822. The lowest BCUT2D eigenvalue weighted by molar-refractivity contribution is -0.140. The normalized spacial score (nSPS) is 26.4. The lowest BCUT2D eigenvalue weighted by Gasteiger charge is -2.18. The van der Waals surface area contributed by atoms with E-state index < -0.39 is 0 Å². The number of hydrogen-bond donors (Lipinski definition) is 2. The van der Waals surface area contributed by atoms with Crippen LogP contribution < -0.4 is 10.6 Å². The number of carbonyl (C=O) groups excluding carboxylic acids is 2. The van der Waals surface area contributed by atoms with Gasteiger partial charge in [0.1, 0.15) is 0 Å². The molecule has 1 aromatic carbocycles. The first-order valence-corrected chi connectivity index (χ1v) is 10.5. The Morgan fingerprint density at radius 1 is 1.10 bits per heavy atom. The van der Waals surface area contributed by atoms with E-state index >= 15 is 0 Å². The fourth-order valence-electron chi connectivity index (χ4n) is 5.18. The summed E-state index contributed by atoms with van der Waals surface area (Å²) in [4.78, 5) is 35.7. The SMILES string of the molecule is CN=C(NCCN1C(=O)C2C3C=CC(C3)C2C1=O)NCc1nccc2ccccc12.I. The summed E-state index contributed by atoms with van der Waals surface area (Å²) in [7, 11) is 1.70. The highest BCUT2D eigenvalue weighted by Crippen LogP contribution is 2.52. The highest BCUT2D eigenvalue weighted by Gasteiger charge is 2.58. The van der Waals surface area contributed by atoms with Crippen LogP contribution in [0.1, 0.15) is 12.1 Å². The fourth-order valence-corrected chi connectivity index (χ4v) is 5.18. The molecule has 2 heterocycles. The Morgan fingerprint density at radius 2 is 1.81 bits per heavy atom. The first-order valence-electron chi connectivity index (χ1n) is 10.5. The maximum absolute atomic E-state index is 12.8. The predicted molar refractivity (Wildman–Crippen MR) is 130 cm³/mol. The monoisotopic (exact) mass is 531 g/mol. The van der Waals surface area contributed by atoms with Crippen LogP contribution in [0.4, 0.5) is 0 Å². The summed E-state index contributed by atoms with van der Waals surface area (Å²) >= 11 is 0. The van der Waals surface area contributed by atoms with Crippen LogP contribution in [-0.2, 0) is 16.1 Å². The summed E-state index contributed by atoms with van der Waals surface area (Å²) in [6, 6.07) is 10.1. The third-order valence-electron chi connectivity index (χ3n) is 6.59. The van der Waals surface area contributed by atoms with E-state index in [1.807, 2.05) is 18.2 Å². The molecule has 1 saturated heterocycles. The van der Waals surface area contributed by atoms with Gasteiger partial charge in [-0.25, -0.2) is 0 Å². The van der Waals surface area contributed by atoms with E-state index in [0.29, 0.717) is 25.6 Å². The van der Waals surface area contributed by atoms with Crippen LogP contribution in [0.2, 0.25) is 0 Å². The highest BCUT2D eigenvalue weighted by molar-refractivity contribution is 14.0. The van der Waals surface area contributed by atoms with Crippen LogP contribution in [0, 0.1) is 23.7 Å². The minimum atomic E-state index is -0.137. The van der Waals surface area contributed by atoms with Crippen molar-refractivity contribution in [1.29, 1.82) is 0 Å². The van der Waals surface area contributed by atoms with E-state index in [4.69, 9.17) is 0 Å². The molecule has 2 fully saturated rings. The van der Waals surface area contributed by atoms with E-state index in [2.05, 4.69) is 44.9 Å². The molecule has 2 aliphatic carbocycles. The van der Waals surface area contributed by atoms with Crippen LogP contribution in [0.5, 0.6) is 0 Å². The molecule has 4 unspecified atom stereocenters. The highest BCUT2D eigenvalue weighted by atomic mass is 127. The molecule has 1 saturated carbocycles. The van der Waals surface area contributed by atoms with Gasteiger partial charge in [-0.2, -0.15) is 0 Å². The van der Waals surface area contributed by atoms with Crippen molar-refractivity contribution in [2.75, 3.05) is 20.1 Å². The number of halogens is 1. The molecule has 2 aromatic rings. The van der Waals surface area contributed by atoms with Crippen molar-refractivity contribution in [2.24, 2.45) is 28.7 Å². The zero-order valence-corrected chi connectivity index (χ0v) is 19.7. The number of amides is 2. The minimum Gasteiger partial charge on any atom is -0.355 e. The summed E-state index contributed by atoms with van der Waals surface area (Å²) in [6.45, 7) is 1.35. The molecule has 4 atom stereocenters. The van der Waals surface area contributed by atoms with Crippen LogP contribution in [-0.4, -0.2) is 47.8 Å². The fraction of sp³-hybridized carbons (Fsp3) is 0.391. The number of rotatable bonds is 5. The number of allylic oxidation sites excluding steroid dienone is 2. The number of nitrogens with one attached hydrogen (secondary N) is 2. The molecule has 162 valence electrons. The minimum absolute atomic E-state index is 0. The van der Waals surface area contributed by atoms with Crippen LogP contribution >= 0.6 is 24.0 Å². The van der Waals surface area contributed by atoms with Crippen molar-refractivity contribution < 1.29 is 9.59 Å². The van der Waals surface area contributed by atoms with Crippen LogP contribution in [0.3, 0.4) is 0 Å². The van der Waals surface area contributed by atoms with Gasteiger partial charge >= 0.3 is 0 Å². The number of likely N-dealkylation sites (tertiary alicyclic amines) is 1. The molecule has 2 amide bonds. The molecule has 31 heavy (non-hydrogen) atoms. The third-order valence-corrected chi connectivity index (χ3v) is 6.59. The standard InChI is InChI=1S/C23H25N5O2.HI/c1-24-23(27-13-18-17-5-3-2-4-14(17)8-9-25-18)26-10-11-28-21(29)19-15-6-7-16(12-15)20(19)22(28)30;/h2-9,15-16,19-20H,10-13H2,1H3,(H2,24,26,27);1H. The number of fused-ring (bicyclic) bond motifs is 6. The summed E-state index contributed by atoms with van der Waals surface area (Å²) in [5, 5.41) is 8.72. The third kappa shape index (κ3) is 3.81. The number of aliphatic imine (C=N–C) groups is 1. The Hall–Kier alpha value is -2.49. The van der Waals surface area contributed by atoms with Crippen molar-refractivity contribution >= 4 is 52.5 Å². The Labute approximate surface area is 198 Å². The van der Waals surface area contributed by atoms with E-state index in [1.54, 1.807) is 13.2 Å². The Balaban J connectivity index is 0.00000231. The van der Waals surface area contributed by atoms with Crippen molar-refractivity contribution in [3.05, 3.63) is 54.4 Å². The van der Waals surface area contributed by atoms with Crippen molar-refractivity contribution in [1.82, 2.24) is 20.5 Å². The Kier molecular flexibility index (Phi) is 6.27. The van der Waals surface area contributed by atoms with Gasteiger partial charge in [-0.05, 0) is 29.7 Å². The molecular formula is C23H26IN5O2. The second-order valence-corrected chi connectivity index (χ2v) is 8.16. The van der Waals surface area contributed by atoms with E-state index in [9.17, 15) is 9.59 Å². The van der Waals surface area contributed by atoms with Gasteiger partial charge in [0.05, 0.1) is 24.1 Å². The average Bonchev–Trinajstić information content (AvgIpc) is 3.45. The molecule has 0 spiro atoms. The summed E-state index contributed by atoms with van der Waals surface area (Å²) in [6.07, 6.45) is 6.99. The van der Waals surface area contributed by atoms with Gasteiger partial charge in [0.25, 0.3) is 0 Å². The van der Waals surface area contributed by atoms with Gasteiger partial charge in [0.2, 0.25) is 11.8 Å². The number of carbonyl (C=O) groups is 2. The molecule has 3 aliphatic rings. The van der Waals surface area contributed by atoms with Crippen LogP contribution in [0.25, 0.3) is 10.8 Å². The number of aromatic nitrogens is 1. The Bertz CT molecular complexity index is 1030. The molecule has 1 aromatic heterocycles. The molecular weight excluding hydrogens is 505 g/mol. The molecule has 2 N–H and O–H groups in total. The second-order valence-electron chi connectivity index (χ2n) is 8.16. The lowest BCUT2D eigenvalue weighted by Crippen LogP contribution is -2.43. The quantitative estimate of drug-likeness (QED) is 0.204. The van der Waals surface area contributed by atoms with Crippen molar-refractivity contribution in [2.45, 2.75) is 13.0 Å².